The molecule has 1 aliphatic rings. The third kappa shape index (κ3) is 4.50. The van der Waals surface area contributed by atoms with E-state index in [1.165, 1.54) is 18.9 Å². The monoisotopic (exact) mass is 376 g/mol. The van der Waals surface area contributed by atoms with Gasteiger partial charge in [0.1, 0.15) is 5.82 Å². The Hall–Kier alpha value is -1.65. The quantitative estimate of drug-likeness (QED) is 0.666. The van der Waals surface area contributed by atoms with Crippen LogP contribution in [0.1, 0.15) is 36.8 Å². The molecule has 2 aromatic rings. The Kier molecular flexibility index (Phi) is 5.92. The zero-order chi connectivity index (χ0) is 17.8. The molecule has 2 aromatic carbocycles. The van der Waals surface area contributed by atoms with E-state index in [1.807, 2.05) is 37.3 Å². The maximum atomic E-state index is 14.1. The summed E-state index contributed by atoms with van der Waals surface area (Å²) < 4.78 is 14.1. The van der Waals surface area contributed by atoms with E-state index in [0.717, 1.165) is 24.1 Å². The van der Waals surface area contributed by atoms with Gasteiger partial charge in [0.2, 0.25) is 0 Å². The second-order valence-electron chi connectivity index (χ2n) is 6.55. The maximum absolute atomic E-state index is 14.1. The summed E-state index contributed by atoms with van der Waals surface area (Å²) >= 11 is 11.7. The number of aryl methyl sites for hydroxylation is 1. The average molecular weight is 377 g/mol. The van der Waals surface area contributed by atoms with Crippen LogP contribution in [0.15, 0.2) is 42.5 Å². The Morgan fingerprint density at radius 2 is 1.96 bits per heavy atom. The molecule has 0 aliphatic heterocycles. The largest absolute Gasteiger partial charge is 0.342 e. The summed E-state index contributed by atoms with van der Waals surface area (Å²) in [6, 6.07) is 12.9. The lowest BCUT2D eigenvalue weighted by Crippen LogP contribution is -2.41. The summed E-state index contributed by atoms with van der Waals surface area (Å²) in [6.45, 7) is 2.48. The predicted molar refractivity (Wildman–Crippen MR) is 107 cm³/mol. The average Bonchev–Trinajstić information content (AvgIpc) is 3.10. The molecule has 0 amide bonds. The van der Waals surface area contributed by atoms with E-state index in [2.05, 4.69) is 10.2 Å². The molecule has 0 atom stereocenters. The van der Waals surface area contributed by atoms with E-state index in [-0.39, 0.29) is 5.82 Å². The molecular formula is C20H22ClFN2S. The second kappa shape index (κ2) is 8.15. The van der Waals surface area contributed by atoms with Gasteiger partial charge in [-0.1, -0.05) is 42.6 Å². The van der Waals surface area contributed by atoms with Gasteiger partial charge in [0.15, 0.2) is 5.11 Å². The first-order chi connectivity index (χ1) is 12.0. The summed E-state index contributed by atoms with van der Waals surface area (Å²) in [5.74, 6) is -0.184. The Morgan fingerprint density at radius 1 is 1.24 bits per heavy atom. The highest BCUT2D eigenvalue weighted by atomic mass is 35.5. The van der Waals surface area contributed by atoms with Crippen molar-refractivity contribution in [3.8, 4) is 0 Å². The smallest absolute Gasteiger partial charge is 0.173 e. The normalized spacial score (nSPS) is 14.5. The van der Waals surface area contributed by atoms with Crippen molar-refractivity contribution in [2.24, 2.45) is 0 Å². The summed E-state index contributed by atoms with van der Waals surface area (Å²) in [7, 11) is 0. The molecule has 25 heavy (non-hydrogen) atoms. The molecule has 1 N–H and O–H groups in total. The van der Waals surface area contributed by atoms with Crippen molar-refractivity contribution in [3.05, 3.63) is 64.4 Å². The van der Waals surface area contributed by atoms with Crippen molar-refractivity contribution >= 4 is 34.6 Å². The molecule has 1 fully saturated rings. The molecule has 3 rings (SSSR count). The van der Waals surface area contributed by atoms with Gasteiger partial charge in [0.25, 0.3) is 0 Å². The molecular weight excluding hydrogens is 355 g/mol. The zero-order valence-electron chi connectivity index (χ0n) is 14.3. The molecule has 132 valence electrons. The highest BCUT2D eigenvalue weighted by Gasteiger charge is 2.25. The molecule has 0 aromatic heterocycles. The van der Waals surface area contributed by atoms with E-state index >= 15 is 0 Å². The van der Waals surface area contributed by atoms with Gasteiger partial charge in [-0.15, -0.1) is 0 Å². The lowest BCUT2D eigenvalue weighted by atomic mass is 10.1. The molecule has 0 radical (unpaired) electrons. The van der Waals surface area contributed by atoms with Crippen LogP contribution in [0.4, 0.5) is 10.1 Å². The van der Waals surface area contributed by atoms with Gasteiger partial charge in [0.05, 0.1) is 0 Å². The number of rotatable bonds is 4. The third-order valence-electron chi connectivity index (χ3n) is 4.75. The summed E-state index contributed by atoms with van der Waals surface area (Å²) in [5.41, 5.74) is 2.64. The Labute approximate surface area is 159 Å². The number of thiocarbonyl (C=S) groups is 1. The predicted octanol–water partition coefficient (Wildman–Crippen LogP) is 5.93. The number of hydrogen-bond donors (Lipinski definition) is 1. The minimum absolute atomic E-state index is 0.184. The van der Waals surface area contributed by atoms with Gasteiger partial charge in [-0.05, 0) is 61.8 Å². The van der Waals surface area contributed by atoms with Crippen LogP contribution >= 0.6 is 23.8 Å². The van der Waals surface area contributed by atoms with Crippen molar-refractivity contribution in [1.82, 2.24) is 4.90 Å². The van der Waals surface area contributed by atoms with Gasteiger partial charge in [-0.25, -0.2) is 4.39 Å². The highest BCUT2D eigenvalue weighted by Crippen LogP contribution is 2.27. The first-order valence-electron chi connectivity index (χ1n) is 8.62. The van der Waals surface area contributed by atoms with Crippen molar-refractivity contribution in [2.75, 3.05) is 5.32 Å². The van der Waals surface area contributed by atoms with E-state index in [4.69, 9.17) is 23.8 Å². The van der Waals surface area contributed by atoms with Gasteiger partial charge in [-0.3, -0.25) is 0 Å². The molecule has 0 heterocycles. The minimum Gasteiger partial charge on any atom is -0.342 e. The fourth-order valence-corrected chi connectivity index (χ4v) is 3.90. The van der Waals surface area contributed by atoms with E-state index < -0.39 is 0 Å². The second-order valence-corrected chi connectivity index (χ2v) is 7.37. The Balaban J connectivity index is 1.81. The number of nitrogens with zero attached hydrogens (tertiary/aromatic N) is 1. The molecule has 0 spiro atoms. The van der Waals surface area contributed by atoms with E-state index in [9.17, 15) is 4.39 Å². The van der Waals surface area contributed by atoms with Crippen LogP contribution in [0.2, 0.25) is 5.02 Å². The van der Waals surface area contributed by atoms with Crippen LogP contribution in [0.3, 0.4) is 0 Å². The maximum Gasteiger partial charge on any atom is 0.173 e. The third-order valence-corrected chi connectivity index (χ3v) is 5.33. The van der Waals surface area contributed by atoms with E-state index in [0.29, 0.717) is 28.3 Å². The molecule has 0 bridgehead atoms. The topological polar surface area (TPSA) is 15.3 Å². The molecule has 5 heteroatoms. The van der Waals surface area contributed by atoms with Gasteiger partial charge in [-0.2, -0.15) is 0 Å². The van der Waals surface area contributed by atoms with Crippen molar-refractivity contribution in [3.63, 3.8) is 0 Å². The summed E-state index contributed by atoms with van der Waals surface area (Å²) in [5, 5.41) is 4.67. The molecule has 2 nitrogen and oxygen atoms in total. The zero-order valence-corrected chi connectivity index (χ0v) is 15.8. The van der Waals surface area contributed by atoms with Crippen LogP contribution in [-0.2, 0) is 6.54 Å². The lowest BCUT2D eigenvalue weighted by Gasteiger charge is -2.32. The molecule has 0 saturated heterocycles. The van der Waals surface area contributed by atoms with Gasteiger partial charge < -0.3 is 10.2 Å². The summed E-state index contributed by atoms with van der Waals surface area (Å²) in [6.07, 6.45) is 4.58. The fraction of sp³-hybridized carbons (Fsp3) is 0.350. The first kappa shape index (κ1) is 18.2. The molecule has 0 unspecified atom stereocenters. The number of halogens is 2. The minimum atomic E-state index is -0.184. The highest BCUT2D eigenvalue weighted by molar-refractivity contribution is 7.80. The van der Waals surface area contributed by atoms with Crippen LogP contribution in [0.5, 0.6) is 0 Å². The first-order valence-corrected chi connectivity index (χ1v) is 9.40. The van der Waals surface area contributed by atoms with Gasteiger partial charge in [0, 0.05) is 28.9 Å². The van der Waals surface area contributed by atoms with Crippen LogP contribution in [-0.4, -0.2) is 16.1 Å². The number of benzene rings is 2. The number of hydrogen-bond acceptors (Lipinski definition) is 1. The number of anilines is 1. The Bertz CT molecular complexity index is 759. The van der Waals surface area contributed by atoms with E-state index in [1.54, 1.807) is 6.07 Å². The number of nitrogens with one attached hydrogen (secondary N) is 1. The summed E-state index contributed by atoms with van der Waals surface area (Å²) in [4.78, 5) is 2.13. The van der Waals surface area contributed by atoms with Crippen LogP contribution in [0.25, 0.3) is 0 Å². The van der Waals surface area contributed by atoms with Crippen molar-refractivity contribution in [1.29, 1.82) is 0 Å². The fourth-order valence-electron chi connectivity index (χ4n) is 3.35. The standard InChI is InChI=1S/C20H22ClFN2S/c1-14-12-16(21)10-11-19(14)23-20(25)24(17-7-3-4-8-17)13-15-6-2-5-9-18(15)22/h2,5-6,9-12,17H,3-4,7-8,13H2,1H3,(H,23,25). The van der Waals surface area contributed by atoms with Crippen molar-refractivity contribution < 1.29 is 4.39 Å². The van der Waals surface area contributed by atoms with Crippen LogP contribution in [0, 0.1) is 12.7 Å². The Morgan fingerprint density at radius 3 is 2.64 bits per heavy atom. The van der Waals surface area contributed by atoms with Crippen LogP contribution < -0.4 is 5.32 Å². The van der Waals surface area contributed by atoms with Crippen molar-refractivity contribution in [2.45, 2.75) is 45.2 Å². The molecule has 1 aliphatic carbocycles. The SMILES string of the molecule is Cc1cc(Cl)ccc1NC(=S)N(Cc1ccccc1F)C1CCCC1. The van der Waals surface area contributed by atoms with Gasteiger partial charge >= 0.3 is 0 Å². The lowest BCUT2D eigenvalue weighted by molar-refractivity contribution is 0.308. The molecule has 1 saturated carbocycles.